The Kier molecular flexibility index (Phi) is 4.48. The molecule has 2 aliphatic heterocycles. The third kappa shape index (κ3) is 3.65. The fourth-order valence-electron chi connectivity index (χ4n) is 4.23. The average molecular weight is 294 g/mol. The molecule has 2 aliphatic rings. The standard InChI is InChI=1S/C17H30N2O2/c1-6-7-8-12-9-14(20)19(15(12)21)13-10-16(2,3)18-17(4,5)11-13/h12-13,18H,6-11H2,1-5H3. The van der Waals surface area contributed by atoms with Crippen molar-refractivity contribution >= 4 is 11.8 Å². The van der Waals surface area contributed by atoms with E-state index in [9.17, 15) is 9.59 Å². The summed E-state index contributed by atoms with van der Waals surface area (Å²) in [5.41, 5.74) is -0.0943. The smallest absolute Gasteiger partial charge is 0.233 e. The first-order valence-corrected chi connectivity index (χ1v) is 8.30. The second-order valence-corrected chi connectivity index (χ2v) is 8.10. The number of hydrogen-bond acceptors (Lipinski definition) is 3. The molecule has 2 amide bonds. The van der Waals surface area contributed by atoms with Gasteiger partial charge in [0.25, 0.3) is 0 Å². The van der Waals surface area contributed by atoms with Crippen molar-refractivity contribution in [2.75, 3.05) is 0 Å². The molecular weight excluding hydrogens is 264 g/mol. The van der Waals surface area contributed by atoms with E-state index in [0.29, 0.717) is 6.42 Å². The molecule has 0 bridgehead atoms. The first-order chi connectivity index (χ1) is 9.65. The summed E-state index contributed by atoms with van der Waals surface area (Å²) >= 11 is 0. The Hall–Kier alpha value is -0.900. The summed E-state index contributed by atoms with van der Waals surface area (Å²) in [5.74, 6) is 0.0464. The third-order valence-electron chi connectivity index (χ3n) is 4.72. The van der Waals surface area contributed by atoms with Crippen LogP contribution >= 0.6 is 0 Å². The van der Waals surface area contributed by atoms with Crippen molar-refractivity contribution < 1.29 is 9.59 Å². The number of nitrogens with one attached hydrogen (secondary N) is 1. The maximum atomic E-state index is 12.6. The van der Waals surface area contributed by atoms with E-state index < -0.39 is 0 Å². The zero-order valence-corrected chi connectivity index (χ0v) is 14.2. The van der Waals surface area contributed by atoms with Crippen molar-refractivity contribution in [3.8, 4) is 0 Å². The largest absolute Gasteiger partial charge is 0.307 e. The van der Waals surface area contributed by atoms with E-state index in [0.717, 1.165) is 32.1 Å². The molecule has 2 rings (SSSR count). The van der Waals surface area contributed by atoms with Gasteiger partial charge in [-0.05, 0) is 47.0 Å². The molecule has 0 saturated carbocycles. The van der Waals surface area contributed by atoms with Gasteiger partial charge in [0.05, 0.1) is 0 Å². The number of unbranched alkanes of at least 4 members (excludes halogenated alkanes) is 1. The van der Waals surface area contributed by atoms with Crippen molar-refractivity contribution in [3.63, 3.8) is 0 Å². The SMILES string of the molecule is CCCCC1CC(=O)N(C2CC(C)(C)NC(C)(C)C2)C1=O. The maximum absolute atomic E-state index is 12.6. The molecular formula is C17H30N2O2. The molecule has 0 aromatic rings. The van der Waals surface area contributed by atoms with Gasteiger partial charge in [0, 0.05) is 29.5 Å². The summed E-state index contributed by atoms with van der Waals surface area (Å²) in [6.45, 7) is 10.7. The molecule has 2 saturated heterocycles. The van der Waals surface area contributed by atoms with E-state index in [4.69, 9.17) is 0 Å². The second-order valence-electron chi connectivity index (χ2n) is 8.10. The Balaban J connectivity index is 2.13. The van der Waals surface area contributed by atoms with Crippen LogP contribution in [0.3, 0.4) is 0 Å². The van der Waals surface area contributed by atoms with Crippen molar-refractivity contribution in [3.05, 3.63) is 0 Å². The lowest BCUT2D eigenvalue weighted by Gasteiger charge is -2.48. The highest BCUT2D eigenvalue weighted by atomic mass is 16.2. The summed E-state index contributed by atoms with van der Waals surface area (Å²) in [7, 11) is 0. The Morgan fingerprint density at radius 1 is 1.14 bits per heavy atom. The van der Waals surface area contributed by atoms with E-state index in [2.05, 4.69) is 39.9 Å². The van der Waals surface area contributed by atoms with Crippen LogP contribution in [-0.4, -0.2) is 33.8 Å². The Morgan fingerprint density at radius 3 is 2.24 bits per heavy atom. The first-order valence-electron chi connectivity index (χ1n) is 8.30. The van der Waals surface area contributed by atoms with Crippen LogP contribution in [-0.2, 0) is 9.59 Å². The highest BCUT2D eigenvalue weighted by molar-refractivity contribution is 6.03. The van der Waals surface area contributed by atoms with Gasteiger partial charge in [0.2, 0.25) is 11.8 Å². The van der Waals surface area contributed by atoms with Crippen LogP contribution in [0, 0.1) is 5.92 Å². The zero-order chi connectivity index (χ0) is 15.8. The van der Waals surface area contributed by atoms with E-state index in [-0.39, 0.29) is 34.9 Å². The van der Waals surface area contributed by atoms with Gasteiger partial charge in [-0.25, -0.2) is 0 Å². The highest BCUT2D eigenvalue weighted by Gasteiger charge is 2.47. The summed E-state index contributed by atoms with van der Waals surface area (Å²) < 4.78 is 0. The van der Waals surface area contributed by atoms with Gasteiger partial charge in [0.1, 0.15) is 0 Å². The molecule has 4 heteroatoms. The number of rotatable bonds is 4. The lowest BCUT2D eigenvalue weighted by Crippen LogP contribution is -2.62. The van der Waals surface area contributed by atoms with E-state index in [1.807, 2.05) is 0 Å². The predicted octanol–water partition coefficient (Wildman–Crippen LogP) is 2.86. The third-order valence-corrected chi connectivity index (χ3v) is 4.72. The molecule has 21 heavy (non-hydrogen) atoms. The van der Waals surface area contributed by atoms with Crippen LogP contribution in [0.1, 0.15) is 73.1 Å². The highest BCUT2D eigenvalue weighted by Crippen LogP contribution is 2.36. The topological polar surface area (TPSA) is 49.4 Å². The zero-order valence-electron chi connectivity index (χ0n) is 14.2. The van der Waals surface area contributed by atoms with E-state index >= 15 is 0 Å². The number of nitrogens with zero attached hydrogens (tertiary/aromatic N) is 1. The maximum Gasteiger partial charge on any atom is 0.233 e. The normalized spacial score (nSPS) is 29.2. The van der Waals surface area contributed by atoms with Gasteiger partial charge in [-0.15, -0.1) is 0 Å². The van der Waals surface area contributed by atoms with Crippen LogP contribution in [0.5, 0.6) is 0 Å². The van der Waals surface area contributed by atoms with Crippen molar-refractivity contribution in [1.82, 2.24) is 10.2 Å². The second kappa shape index (κ2) is 5.71. The van der Waals surface area contributed by atoms with Crippen LogP contribution in [0.2, 0.25) is 0 Å². The molecule has 0 radical (unpaired) electrons. The molecule has 1 unspecified atom stereocenters. The summed E-state index contributed by atoms with van der Waals surface area (Å²) in [4.78, 5) is 26.6. The number of carbonyl (C=O) groups is 2. The molecule has 0 aliphatic carbocycles. The predicted molar refractivity (Wildman–Crippen MR) is 83.8 cm³/mol. The number of hydrogen-bond donors (Lipinski definition) is 1. The van der Waals surface area contributed by atoms with Gasteiger partial charge in [0.15, 0.2) is 0 Å². The van der Waals surface area contributed by atoms with Gasteiger partial charge < -0.3 is 5.32 Å². The van der Waals surface area contributed by atoms with Gasteiger partial charge in [-0.1, -0.05) is 19.8 Å². The van der Waals surface area contributed by atoms with Gasteiger partial charge in [-0.2, -0.15) is 0 Å². The minimum absolute atomic E-state index is 0.0413. The lowest BCUT2D eigenvalue weighted by molar-refractivity contribution is -0.144. The van der Waals surface area contributed by atoms with Crippen molar-refractivity contribution in [2.24, 2.45) is 5.92 Å². The van der Waals surface area contributed by atoms with Crippen LogP contribution < -0.4 is 5.32 Å². The monoisotopic (exact) mass is 294 g/mol. The number of likely N-dealkylation sites (tertiary alicyclic amines) is 1. The minimum Gasteiger partial charge on any atom is -0.307 e. The molecule has 120 valence electrons. The fourth-order valence-corrected chi connectivity index (χ4v) is 4.23. The quantitative estimate of drug-likeness (QED) is 0.811. The Morgan fingerprint density at radius 2 is 1.71 bits per heavy atom. The van der Waals surface area contributed by atoms with Crippen LogP contribution in [0.4, 0.5) is 0 Å². The number of amides is 2. The minimum atomic E-state index is -0.0708. The summed E-state index contributed by atoms with van der Waals surface area (Å²) in [5, 5.41) is 3.61. The molecule has 4 nitrogen and oxygen atoms in total. The fraction of sp³-hybridized carbons (Fsp3) is 0.882. The Labute approximate surface area is 128 Å². The summed E-state index contributed by atoms with van der Waals surface area (Å²) in [6, 6.07) is 0.0443. The molecule has 2 heterocycles. The van der Waals surface area contributed by atoms with Crippen LogP contribution in [0.25, 0.3) is 0 Å². The van der Waals surface area contributed by atoms with Crippen molar-refractivity contribution in [1.29, 1.82) is 0 Å². The Bertz CT molecular complexity index is 413. The molecule has 0 aromatic heterocycles. The summed E-state index contributed by atoms with van der Waals surface area (Å²) in [6.07, 6.45) is 5.06. The van der Waals surface area contributed by atoms with Crippen molar-refractivity contribution in [2.45, 2.75) is 90.3 Å². The van der Waals surface area contributed by atoms with E-state index in [1.54, 1.807) is 4.90 Å². The lowest BCUT2D eigenvalue weighted by atomic mass is 9.79. The molecule has 0 aromatic carbocycles. The number of piperidine rings is 1. The molecule has 1 N–H and O–H groups in total. The van der Waals surface area contributed by atoms with E-state index in [1.165, 1.54) is 0 Å². The molecule has 1 atom stereocenters. The molecule has 2 fully saturated rings. The van der Waals surface area contributed by atoms with Gasteiger partial charge in [-0.3, -0.25) is 14.5 Å². The number of imide groups is 1. The number of carbonyl (C=O) groups excluding carboxylic acids is 2. The molecule has 0 spiro atoms. The van der Waals surface area contributed by atoms with Crippen LogP contribution in [0.15, 0.2) is 0 Å². The first kappa shape index (κ1) is 16.5. The average Bonchev–Trinajstić information content (AvgIpc) is 2.57. The van der Waals surface area contributed by atoms with Gasteiger partial charge >= 0.3 is 0 Å².